The Morgan fingerprint density at radius 3 is 2.70 bits per heavy atom. The molecule has 27 heavy (non-hydrogen) atoms. The standard InChI is InChI=1S/C19H18F2N6/c1-26-10-11-6-12(7-15(21)18(11)25-26)22-19-17-14(20)8-13(9-16(17)23-24-19)27-4-2-3-5-27/h6-10H,2-5H2,1H3,(H2,22,23,24). The Morgan fingerprint density at radius 2 is 1.89 bits per heavy atom. The number of H-pyrrole nitrogens is 1. The second-order valence-corrected chi connectivity index (χ2v) is 6.94. The Morgan fingerprint density at radius 1 is 1.07 bits per heavy atom. The van der Waals surface area contributed by atoms with Crippen LogP contribution in [0.1, 0.15) is 12.8 Å². The lowest BCUT2D eigenvalue weighted by Gasteiger charge is -2.17. The van der Waals surface area contributed by atoms with E-state index in [-0.39, 0.29) is 5.82 Å². The van der Waals surface area contributed by atoms with Crippen molar-refractivity contribution >= 4 is 39.0 Å². The van der Waals surface area contributed by atoms with E-state index in [1.807, 2.05) is 6.07 Å². The van der Waals surface area contributed by atoms with Crippen molar-refractivity contribution in [1.82, 2.24) is 20.0 Å². The van der Waals surface area contributed by atoms with Gasteiger partial charge in [-0.05, 0) is 37.1 Å². The number of nitrogens with zero attached hydrogens (tertiary/aromatic N) is 4. The molecule has 138 valence electrons. The molecule has 1 aliphatic heterocycles. The van der Waals surface area contributed by atoms with Crippen molar-refractivity contribution in [1.29, 1.82) is 0 Å². The van der Waals surface area contributed by atoms with E-state index in [9.17, 15) is 8.78 Å². The Balaban J connectivity index is 1.53. The fourth-order valence-electron chi connectivity index (χ4n) is 3.76. The summed E-state index contributed by atoms with van der Waals surface area (Å²) in [6.07, 6.45) is 3.98. The highest BCUT2D eigenvalue weighted by Gasteiger charge is 2.18. The first-order valence-corrected chi connectivity index (χ1v) is 8.91. The van der Waals surface area contributed by atoms with Gasteiger partial charge in [-0.25, -0.2) is 8.78 Å². The molecule has 1 fully saturated rings. The van der Waals surface area contributed by atoms with Crippen molar-refractivity contribution in [2.75, 3.05) is 23.3 Å². The van der Waals surface area contributed by atoms with Crippen molar-refractivity contribution in [3.8, 4) is 0 Å². The van der Waals surface area contributed by atoms with Crippen LogP contribution in [0.3, 0.4) is 0 Å². The summed E-state index contributed by atoms with van der Waals surface area (Å²) in [5, 5.41) is 15.2. The number of rotatable bonds is 3. The van der Waals surface area contributed by atoms with E-state index in [4.69, 9.17) is 0 Å². The predicted molar refractivity (Wildman–Crippen MR) is 101 cm³/mol. The van der Waals surface area contributed by atoms with Gasteiger partial charge < -0.3 is 10.2 Å². The molecule has 3 heterocycles. The number of fused-ring (bicyclic) bond motifs is 2. The molecule has 0 saturated carbocycles. The predicted octanol–water partition coefficient (Wildman–Crippen LogP) is 4.07. The third-order valence-electron chi connectivity index (χ3n) is 5.01. The van der Waals surface area contributed by atoms with Crippen molar-refractivity contribution in [3.63, 3.8) is 0 Å². The summed E-state index contributed by atoms with van der Waals surface area (Å²) in [4.78, 5) is 2.17. The summed E-state index contributed by atoms with van der Waals surface area (Å²) in [5.41, 5.74) is 2.26. The second-order valence-electron chi connectivity index (χ2n) is 6.94. The Bertz CT molecular complexity index is 1160. The fourth-order valence-corrected chi connectivity index (χ4v) is 3.76. The Hall–Kier alpha value is -3.16. The van der Waals surface area contributed by atoms with Gasteiger partial charge in [0.1, 0.15) is 11.3 Å². The van der Waals surface area contributed by atoms with E-state index in [0.29, 0.717) is 33.3 Å². The van der Waals surface area contributed by atoms with E-state index < -0.39 is 5.82 Å². The second kappa shape index (κ2) is 5.94. The van der Waals surface area contributed by atoms with Gasteiger partial charge in [-0.2, -0.15) is 10.2 Å². The lowest BCUT2D eigenvalue weighted by atomic mass is 10.2. The Kier molecular flexibility index (Phi) is 3.53. The zero-order chi connectivity index (χ0) is 18.5. The number of nitrogens with one attached hydrogen (secondary N) is 2. The first kappa shape index (κ1) is 16.0. The maximum Gasteiger partial charge on any atom is 0.163 e. The van der Waals surface area contributed by atoms with Gasteiger partial charge in [-0.3, -0.25) is 9.78 Å². The molecule has 0 amide bonds. The molecule has 6 nitrogen and oxygen atoms in total. The van der Waals surface area contributed by atoms with Gasteiger partial charge >= 0.3 is 0 Å². The van der Waals surface area contributed by atoms with Crippen LogP contribution < -0.4 is 10.2 Å². The highest BCUT2D eigenvalue weighted by molar-refractivity contribution is 5.95. The van der Waals surface area contributed by atoms with E-state index in [1.54, 1.807) is 30.1 Å². The van der Waals surface area contributed by atoms with Crippen LogP contribution in [-0.2, 0) is 7.05 Å². The molecule has 0 unspecified atom stereocenters. The molecular formula is C19H18F2N6. The van der Waals surface area contributed by atoms with E-state index in [2.05, 4.69) is 25.5 Å². The van der Waals surface area contributed by atoms with Gasteiger partial charge in [0.05, 0.1) is 10.9 Å². The van der Waals surface area contributed by atoms with Crippen LogP contribution in [-0.4, -0.2) is 33.1 Å². The van der Waals surface area contributed by atoms with Crippen LogP contribution in [0.5, 0.6) is 0 Å². The monoisotopic (exact) mass is 368 g/mol. The third-order valence-corrected chi connectivity index (χ3v) is 5.01. The zero-order valence-corrected chi connectivity index (χ0v) is 14.8. The average molecular weight is 368 g/mol. The van der Waals surface area contributed by atoms with Crippen molar-refractivity contribution in [3.05, 3.63) is 42.1 Å². The van der Waals surface area contributed by atoms with Gasteiger partial charge in [-0.15, -0.1) is 0 Å². The maximum atomic E-state index is 14.8. The number of aryl methyl sites for hydroxylation is 1. The van der Waals surface area contributed by atoms with E-state index in [1.165, 1.54) is 6.07 Å². The molecule has 0 aliphatic carbocycles. The maximum absolute atomic E-state index is 14.8. The van der Waals surface area contributed by atoms with Crippen LogP contribution >= 0.6 is 0 Å². The summed E-state index contributed by atoms with van der Waals surface area (Å²) in [6.45, 7) is 1.88. The van der Waals surface area contributed by atoms with Crippen LogP contribution in [0.4, 0.5) is 26.0 Å². The molecule has 0 radical (unpaired) electrons. The Labute approximate surface area is 153 Å². The first-order valence-electron chi connectivity index (χ1n) is 8.91. The lowest BCUT2D eigenvalue weighted by Crippen LogP contribution is -2.17. The van der Waals surface area contributed by atoms with Crippen LogP contribution in [0, 0.1) is 11.6 Å². The summed E-state index contributed by atoms with van der Waals surface area (Å²) in [6, 6.07) is 6.56. The van der Waals surface area contributed by atoms with Crippen LogP contribution in [0.25, 0.3) is 21.8 Å². The van der Waals surface area contributed by atoms with Crippen LogP contribution in [0.2, 0.25) is 0 Å². The molecular weight excluding hydrogens is 350 g/mol. The van der Waals surface area contributed by atoms with Crippen LogP contribution in [0.15, 0.2) is 30.5 Å². The number of anilines is 3. The molecule has 0 spiro atoms. The molecule has 2 aromatic carbocycles. The van der Waals surface area contributed by atoms with Gasteiger partial charge in [0.2, 0.25) is 0 Å². The van der Waals surface area contributed by atoms with Crippen molar-refractivity contribution in [2.45, 2.75) is 12.8 Å². The summed E-state index contributed by atoms with van der Waals surface area (Å²) in [5.74, 6) is -0.459. The van der Waals surface area contributed by atoms with Gasteiger partial charge in [0, 0.05) is 43.1 Å². The van der Waals surface area contributed by atoms with Crippen molar-refractivity contribution < 1.29 is 8.78 Å². The van der Waals surface area contributed by atoms with Crippen molar-refractivity contribution in [2.24, 2.45) is 7.05 Å². The molecule has 2 N–H and O–H groups in total. The number of hydrogen-bond acceptors (Lipinski definition) is 4. The smallest absolute Gasteiger partial charge is 0.163 e. The number of benzene rings is 2. The summed E-state index contributed by atoms with van der Waals surface area (Å²) in [7, 11) is 1.74. The number of halogens is 2. The van der Waals surface area contributed by atoms with Gasteiger partial charge in [0.15, 0.2) is 11.6 Å². The first-order chi connectivity index (χ1) is 13.1. The van der Waals surface area contributed by atoms with E-state index in [0.717, 1.165) is 31.6 Å². The molecule has 0 atom stereocenters. The highest BCUT2D eigenvalue weighted by atomic mass is 19.1. The molecule has 1 aliphatic rings. The zero-order valence-electron chi connectivity index (χ0n) is 14.8. The largest absolute Gasteiger partial charge is 0.371 e. The molecule has 8 heteroatoms. The topological polar surface area (TPSA) is 61.8 Å². The lowest BCUT2D eigenvalue weighted by molar-refractivity contribution is 0.633. The molecule has 5 rings (SSSR count). The van der Waals surface area contributed by atoms with Gasteiger partial charge in [0.25, 0.3) is 0 Å². The third kappa shape index (κ3) is 2.68. The number of aromatic nitrogens is 4. The normalized spacial score (nSPS) is 14.6. The number of hydrogen-bond donors (Lipinski definition) is 2. The average Bonchev–Trinajstić information content (AvgIpc) is 3.34. The molecule has 4 aromatic rings. The minimum Gasteiger partial charge on any atom is -0.371 e. The molecule has 0 bridgehead atoms. The summed E-state index contributed by atoms with van der Waals surface area (Å²) >= 11 is 0. The molecule has 2 aromatic heterocycles. The number of aromatic amines is 1. The molecule has 1 saturated heterocycles. The fraction of sp³-hybridized carbons (Fsp3) is 0.263. The highest BCUT2D eigenvalue weighted by Crippen LogP contribution is 2.32. The quantitative estimate of drug-likeness (QED) is 0.572. The van der Waals surface area contributed by atoms with E-state index >= 15 is 0 Å². The van der Waals surface area contributed by atoms with Gasteiger partial charge in [-0.1, -0.05) is 0 Å². The minimum atomic E-state index is -0.438. The SMILES string of the molecule is Cn1cc2cc(Nc3n[nH]c4cc(N5CCCC5)cc(F)c34)cc(F)c2n1. The summed E-state index contributed by atoms with van der Waals surface area (Å²) < 4.78 is 30.7. The minimum absolute atomic E-state index is 0.302.